The molecule has 0 saturated carbocycles. The van der Waals surface area contributed by atoms with Crippen molar-refractivity contribution in [1.82, 2.24) is 9.55 Å². The van der Waals surface area contributed by atoms with Crippen molar-refractivity contribution >= 4 is 45.9 Å². The molecule has 0 N–H and O–H groups in total. The molecule has 0 spiro atoms. The molecule has 2 radical (unpaired) electrons. The molecule has 122 valence electrons. The van der Waals surface area contributed by atoms with Crippen LogP contribution < -0.4 is 0 Å². The minimum atomic E-state index is 0.366. The van der Waals surface area contributed by atoms with Gasteiger partial charge in [0.2, 0.25) is 0 Å². The zero-order valence-electron chi connectivity index (χ0n) is 13.4. The summed E-state index contributed by atoms with van der Waals surface area (Å²) < 4.78 is 2.35. The summed E-state index contributed by atoms with van der Waals surface area (Å²) in [6, 6.07) is 7.89. The van der Waals surface area contributed by atoms with Crippen molar-refractivity contribution in [3.05, 3.63) is 58.3 Å². The van der Waals surface area contributed by atoms with Crippen molar-refractivity contribution in [2.24, 2.45) is 0 Å². The molecule has 3 heterocycles. The molecule has 0 bridgehead atoms. The first kappa shape index (κ1) is 16.3. The maximum atomic E-state index is 6.19. The number of fused-ring (bicyclic) bond motifs is 3. The van der Waals surface area contributed by atoms with Gasteiger partial charge in [-0.15, -0.1) is 0 Å². The first-order chi connectivity index (χ1) is 11.6. The van der Waals surface area contributed by atoms with Crippen LogP contribution in [0.3, 0.4) is 0 Å². The summed E-state index contributed by atoms with van der Waals surface area (Å²) in [7, 11) is 0. The molecule has 4 rings (SSSR count). The van der Waals surface area contributed by atoms with E-state index in [1.54, 1.807) is 11.8 Å². The Kier molecular flexibility index (Phi) is 4.27. The van der Waals surface area contributed by atoms with Gasteiger partial charge in [-0.3, -0.25) is 4.98 Å². The Balaban J connectivity index is 1.92. The number of aromatic nitrogens is 2. The summed E-state index contributed by atoms with van der Waals surface area (Å²) in [5.74, 6) is 0.366. The summed E-state index contributed by atoms with van der Waals surface area (Å²) in [6.07, 6.45) is 6.40. The van der Waals surface area contributed by atoms with Gasteiger partial charge in [-0.05, 0) is 36.6 Å². The second kappa shape index (κ2) is 6.29. The highest BCUT2D eigenvalue weighted by Gasteiger charge is 2.25. The number of hydrogen-bond donors (Lipinski definition) is 0. The van der Waals surface area contributed by atoms with E-state index in [0.717, 1.165) is 23.6 Å². The average molecular weight is 375 g/mol. The molecular formula is C19H16Cl2N2S. The van der Waals surface area contributed by atoms with Crippen LogP contribution in [0.2, 0.25) is 10.0 Å². The van der Waals surface area contributed by atoms with Crippen molar-refractivity contribution in [3.8, 4) is 0 Å². The monoisotopic (exact) mass is 374 g/mol. The van der Waals surface area contributed by atoms with Gasteiger partial charge in [-0.2, -0.15) is 0 Å². The van der Waals surface area contributed by atoms with Crippen LogP contribution in [0.15, 0.2) is 40.3 Å². The van der Waals surface area contributed by atoms with Gasteiger partial charge < -0.3 is 4.57 Å². The number of rotatable bonds is 3. The third-order valence-corrected chi connectivity index (χ3v) is 6.08. The minimum Gasteiger partial charge on any atom is -0.343 e. The second-order valence-corrected chi connectivity index (χ2v) is 8.08. The van der Waals surface area contributed by atoms with E-state index in [1.807, 2.05) is 24.4 Å². The van der Waals surface area contributed by atoms with E-state index in [-0.39, 0.29) is 0 Å². The summed E-state index contributed by atoms with van der Waals surface area (Å²) in [6.45, 7) is 5.35. The Morgan fingerprint density at radius 3 is 2.79 bits per heavy atom. The van der Waals surface area contributed by atoms with E-state index in [1.165, 1.54) is 21.5 Å². The molecule has 0 amide bonds. The average Bonchev–Trinajstić information content (AvgIpc) is 3.13. The van der Waals surface area contributed by atoms with E-state index in [0.29, 0.717) is 16.0 Å². The highest BCUT2D eigenvalue weighted by atomic mass is 35.5. The van der Waals surface area contributed by atoms with Gasteiger partial charge in [0.1, 0.15) is 0 Å². The molecule has 24 heavy (non-hydrogen) atoms. The third kappa shape index (κ3) is 2.63. The Hall–Kier alpha value is -1.16. The van der Waals surface area contributed by atoms with E-state index in [2.05, 4.69) is 35.9 Å². The third-order valence-electron chi connectivity index (χ3n) is 4.25. The number of halogens is 2. The fourth-order valence-corrected chi connectivity index (χ4v) is 4.68. The van der Waals surface area contributed by atoms with Crippen LogP contribution in [0.1, 0.15) is 37.6 Å². The zero-order chi connectivity index (χ0) is 16.8. The maximum Gasteiger partial charge on any atom is 0.0603 e. The van der Waals surface area contributed by atoms with Crippen LogP contribution in [0, 0.1) is 6.42 Å². The number of nitrogens with zero attached hydrogens (tertiary/aromatic N) is 2. The van der Waals surface area contributed by atoms with Crippen LogP contribution in [-0.2, 0) is 6.54 Å². The topological polar surface area (TPSA) is 17.8 Å². The summed E-state index contributed by atoms with van der Waals surface area (Å²) in [5, 5.41) is 2.40. The van der Waals surface area contributed by atoms with Crippen molar-refractivity contribution < 1.29 is 0 Å². The van der Waals surface area contributed by atoms with Crippen molar-refractivity contribution in [2.45, 2.75) is 42.5 Å². The second-order valence-electron chi connectivity index (χ2n) is 6.18. The summed E-state index contributed by atoms with van der Waals surface area (Å²) >= 11 is 14.0. The lowest BCUT2D eigenvalue weighted by molar-refractivity contribution is 0.786. The van der Waals surface area contributed by atoms with Crippen LogP contribution in [-0.4, -0.2) is 9.55 Å². The fourth-order valence-electron chi connectivity index (χ4n) is 3.18. The van der Waals surface area contributed by atoms with Gasteiger partial charge in [0, 0.05) is 40.0 Å². The molecule has 1 aliphatic rings. The van der Waals surface area contributed by atoms with E-state index in [4.69, 9.17) is 23.2 Å². The van der Waals surface area contributed by atoms with Gasteiger partial charge in [0.25, 0.3) is 0 Å². The lowest BCUT2D eigenvalue weighted by atomic mass is 10.1. The Morgan fingerprint density at radius 1 is 1.21 bits per heavy atom. The van der Waals surface area contributed by atoms with Gasteiger partial charge in [0.15, 0.2) is 0 Å². The number of aryl methyl sites for hydroxylation is 1. The molecule has 1 aliphatic heterocycles. The predicted octanol–water partition coefficient (Wildman–Crippen LogP) is 6.45. The first-order valence-electron chi connectivity index (χ1n) is 7.94. The molecule has 5 heteroatoms. The zero-order valence-corrected chi connectivity index (χ0v) is 15.8. The first-order valence-corrected chi connectivity index (χ1v) is 9.51. The van der Waals surface area contributed by atoms with E-state index >= 15 is 0 Å². The SMILES string of the molecule is CC(C)c1nccc2c1c(Sc1ccc(Cl)c(Cl)c1)c1n2CC[C]1. The molecule has 0 unspecified atom stereocenters. The quantitative estimate of drug-likeness (QED) is 0.523. The molecule has 2 aromatic heterocycles. The van der Waals surface area contributed by atoms with Crippen molar-refractivity contribution in [1.29, 1.82) is 0 Å². The molecule has 0 fully saturated rings. The fraction of sp³-hybridized carbons (Fsp3) is 0.263. The molecule has 3 aromatic rings. The molecule has 2 nitrogen and oxygen atoms in total. The molecule has 0 atom stereocenters. The highest BCUT2D eigenvalue weighted by Crippen LogP contribution is 2.44. The van der Waals surface area contributed by atoms with E-state index in [9.17, 15) is 0 Å². The van der Waals surface area contributed by atoms with Crippen molar-refractivity contribution in [3.63, 3.8) is 0 Å². The van der Waals surface area contributed by atoms with Crippen LogP contribution >= 0.6 is 35.0 Å². The minimum absolute atomic E-state index is 0.366. The summed E-state index contributed by atoms with van der Waals surface area (Å²) in [5.41, 5.74) is 3.56. The van der Waals surface area contributed by atoms with Gasteiger partial charge in [-0.1, -0.05) is 48.8 Å². The predicted molar refractivity (Wildman–Crippen MR) is 101 cm³/mol. The van der Waals surface area contributed by atoms with Crippen LogP contribution in [0.25, 0.3) is 10.9 Å². The van der Waals surface area contributed by atoms with Gasteiger partial charge in [-0.25, -0.2) is 0 Å². The molecular weight excluding hydrogens is 359 g/mol. The largest absolute Gasteiger partial charge is 0.343 e. The van der Waals surface area contributed by atoms with Crippen LogP contribution in [0.5, 0.6) is 0 Å². The Morgan fingerprint density at radius 2 is 2.04 bits per heavy atom. The number of pyridine rings is 1. The molecule has 0 aliphatic carbocycles. The van der Waals surface area contributed by atoms with Gasteiger partial charge >= 0.3 is 0 Å². The van der Waals surface area contributed by atoms with Gasteiger partial charge in [0.05, 0.1) is 21.3 Å². The molecule has 1 aromatic carbocycles. The van der Waals surface area contributed by atoms with Crippen LogP contribution in [0.4, 0.5) is 0 Å². The normalized spacial score (nSPS) is 13.9. The van der Waals surface area contributed by atoms with Crippen molar-refractivity contribution in [2.75, 3.05) is 0 Å². The van der Waals surface area contributed by atoms with E-state index < -0.39 is 0 Å². The number of hydrogen-bond acceptors (Lipinski definition) is 2. The number of benzene rings is 1. The Labute approximate surface area is 156 Å². The molecule has 0 saturated heterocycles. The lowest BCUT2D eigenvalue weighted by Crippen LogP contribution is -1.95. The smallest absolute Gasteiger partial charge is 0.0603 e. The maximum absolute atomic E-state index is 6.19. The highest BCUT2D eigenvalue weighted by molar-refractivity contribution is 7.99. The summed E-state index contributed by atoms with van der Waals surface area (Å²) in [4.78, 5) is 6.95. The lowest BCUT2D eigenvalue weighted by Gasteiger charge is -2.10. The standard InChI is InChI=1S/C19H16Cl2N2S/c1-11(2)18-17-15(7-8-22-18)23-9-3-4-16(23)19(17)24-12-5-6-13(20)14(21)10-12/h5-8,10-11H,3,9H2,1-2H3. The Bertz CT molecular complexity index is 931.